The van der Waals surface area contributed by atoms with E-state index in [0.717, 1.165) is 0 Å². The zero-order valence-corrected chi connectivity index (χ0v) is 13.3. The van der Waals surface area contributed by atoms with Crippen molar-refractivity contribution in [2.45, 2.75) is 18.2 Å². The minimum absolute atomic E-state index is 0.134. The van der Waals surface area contributed by atoms with Crippen LogP contribution < -0.4 is 14.8 Å². The van der Waals surface area contributed by atoms with Crippen LogP contribution in [-0.4, -0.2) is 32.0 Å². The Balaban J connectivity index is 1.84. The maximum atomic E-state index is 12.3. The number of hydrogen-bond acceptors (Lipinski definition) is 7. The number of nitrogens with zero attached hydrogens (tertiary/aromatic N) is 1. The molecule has 0 unspecified atom stereocenters. The SMILES string of the molecule is CCc1cc(C(=O)NS(=O)(=O)c2ccc3c(c2)NC(=O)CO3)no1. The van der Waals surface area contributed by atoms with Crippen molar-refractivity contribution in [3.63, 3.8) is 0 Å². The van der Waals surface area contributed by atoms with Gasteiger partial charge in [-0.1, -0.05) is 12.1 Å². The van der Waals surface area contributed by atoms with Crippen LogP contribution >= 0.6 is 0 Å². The number of fused-ring (bicyclic) bond motifs is 1. The second-order valence-electron chi connectivity index (χ2n) is 4.96. The summed E-state index contributed by atoms with van der Waals surface area (Å²) < 4.78 is 36.6. The van der Waals surface area contributed by atoms with Crippen molar-refractivity contribution < 1.29 is 27.3 Å². The molecule has 0 fully saturated rings. The van der Waals surface area contributed by atoms with E-state index in [0.29, 0.717) is 17.9 Å². The molecule has 0 bridgehead atoms. The molecule has 0 saturated carbocycles. The molecule has 0 radical (unpaired) electrons. The van der Waals surface area contributed by atoms with Crippen LogP contribution in [0.3, 0.4) is 0 Å². The second kappa shape index (κ2) is 5.96. The highest BCUT2D eigenvalue weighted by molar-refractivity contribution is 7.90. The first-order valence-electron chi connectivity index (χ1n) is 6.98. The Kier molecular flexibility index (Phi) is 3.97. The molecule has 1 aromatic heterocycles. The fraction of sp³-hybridized carbons (Fsp3) is 0.214. The van der Waals surface area contributed by atoms with Gasteiger partial charge in [-0.3, -0.25) is 9.59 Å². The van der Waals surface area contributed by atoms with Crippen LogP contribution in [0.1, 0.15) is 23.2 Å². The molecule has 126 valence electrons. The fourth-order valence-electron chi connectivity index (χ4n) is 2.05. The molecule has 0 spiro atoms. The average molecular weight is 351 g/mol. The summed E-state index contributed by atoms with van der Waals surface area (Å²) in [4.78, 5) is 23.1. The van der Waals surface area contributed by atoms with Gasteiger partial charge in [-0.25, -0.2) is 13.1 Å². The number of aryl methyl sites for hydroxylation is 1. The minimum Gasteiger partial charge on any atom is -0.482 e. The first kappa shape index (κ1) is 16.0. The van der Waals surface area contributed by atoms with Crippen LogP contribution in [-0.2, 0) is 21.2 Å². The number of anilines is 1. The largest absolute Gasteiger partial charge is 0.482 e. The van der Waals surface area contributed by atoms with Gasteiger partial charge in [-0.05, 0) is 18.2 Å². The number of hydrogen-bond donors (Lipinski definition) is 2. The number of amides is 2. The molecule has 2 aromatic rings. The van der Waals surface area contributed by atoms with Crippen molar-refractivity contribution in [2.24, 2.45) is 0 Å². The summed E-state index contributed by atoms with van der Waals surface area (Å²) in [6.45, 7) is 1.67. The van der Waals surface area contributed by atoms with Crippen LogP contribution in [0.4, 0.5) is 5.69 Å². The number of aromatic nitrogens is 1. The van der Waals surface area contributed by atoms with E-state index in [1.54, 1.807) is 0 Å². The maximum Gasteiger partial charge on any atom is 0.287 e. The third-order valence-corrected chi connectivity index (χ3v) is 4.59. The third kappa shape index (κ3) is 3.08. The van der Waals surface area contributed by atoms with E-state index in [9.17, 15) is 18.0 Å². The molecule has 0 atom stereocenters. The van der Waals surface area contributed by atoms with Crippen molar-refractivity contribution >= 4 is 27.5 Å². The molecule has 1 aromatic carbocycles. The van der Waals surface area contributed by atoms with E-state index >= 15 is 0 Å². The summed E-state index contributed by atoms with van der Waals surface area (Å²) in [5.41, 5.74) is 0.0845. The van der Waals surface area contributed by atoms with E-state index in [1.165, 1.54) is 24.3 Å². The molecule has 10 heteroatoms. The van der Waals surface area contributed by atoms with Gasteiger partial charge < -0.3 is 14.6 Å². The van der Waals surface area contributed by atoms with Crippen molar-refractivity contribution in [3.8, 4) is 5.75 Å². The van der Waals surface area contributed by atoms with Gasteiger partial charge in [0.05, 0.1) is 10.6 Å². The van der Waals surface area contributed by atoms with Crippen molar-refractivity contribution in [1.29, 1.82) is 0 Å². The fourth-order valence-corrected chi connectivity index (χ4v) is 3.04. The van der Waals surface area contributed by atoms with Crippen LogP contribution in [0.2, 0.25) is 0 Å². The van der Waals surface area contributed by atoms with Crippen LogP contribution in [0.25, 0.3) is 0 Å². The molecular weight excluding hydrogens is 338 g/mol. The molecular formula is C14H13N3O6S. The lowest BCUT2D eigenvalue weighted by molar-refractivity contribution is -0.118. The summed E-state index contributed by atoms with van der Waals surface area (Å²) in [6, 6.07) is 5.25. The molecule has 2 heterocycles. The molecule has 0 aliphatic carbocycles. The predicted molar refractivity (Wildman–Crippen MR) is 81.1 cm³/mol. The molecule has 0 saturated heterocycles. The quantitative estimate of drug-likeness (QED) is 0.829. The number of ether oxygens (including phenoxy) is 1. The maximum absolute atomic E-state index is 12.3. The Bertz CT molecular complexity index is 918. The lowest BCUT2D eigenvalue weighted by atomic mass is 10.2. The van der Waals surface area contributed by atoms with Crippen molar-refractivity contribution in [1.82, 2.24) is 9.88 Å². The lowest BCUT2D eigenvalue weighted by Gasteiger charge is -2.18. The number of nitrogens with one attached hydrogen (secondary N) is 2. The number of carbonyl (C=O) groups excluding carboxylic acids is 2. The highest BCUT2D eigenvalue weighted by Gasteiger charge is 2.24. The van der Waals surface area contributed by atoms with Gasteiger partial charge in [0.2, 0.25) is 0 Å². The summed E-state index contributed by atoms with van der Waals surface area (Å²) in [6.07, 6.45) is 0.525. The molecule has 24 heavy (non-hydrogen) atoms. The average Bonchev–Trinajstić information content (AvgIpc) is 3.03. The standard InChI is InChI=1S/C14H13N3O6S/c1-2-8-5-11(16-23-8)14(19)17-24(20,21)9-3-4-12-10(6-9)15-13(18)7-22-12/h3-6H,2,7H2,1H3,(H,15,18)(H,17,19). The van der Waals surface area contributed by atoms with Gasteiger partial charge in [0, 0.05) is 12.5 Å². The van der Waals surface area contributed by atoms with Gasteiger partial charge in [-0.2, -0.15) is 0 Å². The molecule has 1 aliphatic rings. The normalized spacial score (nSPS) is 13.6. The van der Waals surface area contributed by atoms with E-state index in [1.807, 2.05) is 11.6 Å². The Labute approximate surface area is 137 Å². The Morgan fingerprint density at radius 2 is 2.17 bits per heavy atom. The predicted octanol–water partition coefficient (Wildman–Crippen LogP) is 0.687. The van der Waals surface area contributed by atoms with Crippen LogP contribution in [0.15, 0.2) is 33.7 Å². The molecule has 2 N–H and O–H groups in total. The van der Waals surface area contributed by atoms with Gasteiger partial charge in [0.25, 0.3) is 21.8 Å². The van der Waals surface area contributed by atoms with E-state index in [2.05, 4.69) is 10.5 Å². The van der Waals surface area contributed by atoms with E-state index in [4.69, 9.17) is 9.26 Å². The Morgan fingerprint density at radius 3 is 2.88 bits per heavy atom. The first-order valence-corrected chi connectivity index (χ1v) is 8.47. The Hall–Kier alpha value is -2.88. The highest BCUT2D eigenvalue weighted by atomic mass is 32.2. The van der Waals surface area contributed by atoms with Gasteiger partial charge in [0.1, 0.15) is 11.5 Å². The molecule has 3 rings (SSSR count). The zero-order chi connectivity index (χ0) is 17.3. The summed E-state index contributed by atoms with van der Waals surface area (Å²) in [5, 5.41) is 6.02. The summed E-state index contributed by atoms with van der Waals surface area (Å²) >= 11 is 0. The first-order chi connectivity index (χ1) is 11.4. The zero-order valence-electron chi connectivity index (χ0n) is 12.5. The monoisotopic (exact) mass is 351 g/mol. The van der Waals surface area contributed by atoms with Crippen molar-refractivity contribution in [3.05, 3.63) is 35.7 Å². The molecule has 2 amide bonds. The second-order valence-corrected chi connectivity index (χ2v) is 6.64. The third-order valence-electron chi connectivity index (χ3n) is 3.26. The summed E-state index contributed by atoms with van der Waals surface area (Å²) in [7, 11) is -4.14. The number of benzene rings is 1. The van der Waals surface area contributed by atoms with E-state index in [-0.39, 0.29) is 22.9 Å². The van der Waals surface area contributed by atoms with Crippen LogP contribution in [0, 0.1) is 0 Å². The molecule has 1 aliphatic heterocycles. The van der Waals surface area contributed by atoms with Gasteiger partial charge in [-0.15, -0.1) is 0 Å². The van der Waals surface area contributed by atoms with Crippen molar-refractivity contribution in [2.75, 3.05) is 11.9 Å². The van der Waals surface area contributed by atoms with Gasteiger partial charge in [0.15, 0.2) is 12.3 Å². The lowest BCUT2D eigenvalue weighted by Crippen LogP contribution is -2.31. The number of sulfonamides is 1. The molecule has 9 nitrogen and oxygen atoms in total. The number of carbonyl (C=O) groups is 2. The van der Waals surface area contributed by atoms with E-state index < -0.39 is 21.8 Å². The minimum atomic E-state index is -4.14. The smallest absolute Gasteiger partial charge is 0.287 e. The highest BCUT2D eigenvalue weighted by Crippen LogP contribution is 2.30. The number of rotatable bonds is 4. The topological polar surface area (TPSA) is 128 Å². The van der Waals surface area contributed by atoms with Crippen LogP contribution in [0.5, 0.6) is 5.75 Å². The van der Waals surface area contributed by atoms with Gasteiger partial charge >= 0.3 is 0 Å². The summed E-state index contributed by atoms with van der Waals surface area (Å²) in [5.74, 6) is -0.484. The Morgan fingerprint density at radius 1 is 1.38 bits per heavy atom.